The predicted octanol–water partition coefficient (Wildman–Crippen LogP) is 3.81. The number of aromatic nitrogens is 2. The van der Waals surface area contributed by atoms with E-state index in [4.69, 9.17) is 4.74 Å². The Balaban J connectivity index is 1.46. The summed E-state index contributed by atoms with van der Waals surface area (Å²) >= 11 is 5.43. The number of thioether (sulfide) groups is 2. The molecule has 3 aromatic rings. The van der Waals surface area contributed by atoms with Gasteiger partial charge in [0.25, 0.3) is 5.56 Å². The molecule has 1 aliphatic heterocycles. The molecular weight excluding hydrogens is 348 g/mol. The first-order valence-corrected chi connectivity index (χ1v) is 10.2. The van der Waals surface area contributed by atoms with Crippen LogP contribution in [0.2, 0.25) is 0 Å². The van der Waals surface area contributed by atoms with Gasteiger partial charge in [0.1, 0.15) is 12.4 Å². The van der Waals surface area contributed by atoms with Crippen molar-refractivity contribution in [1.29, 1.82) is 0 Å². The molecule has 1 aliphatic rings. The molecule has 4 rings (SSSR count). The van der Waals surface area contributed by atoms with Crippen molar-refractivity contribution in [3.8, 4) is 5.75 Å². The van der Waals surface area contributed by atoms with E-state index in [2.05, 4.69) is 17.1 Å². The second kappa shape index (κ2) is 6.59. The van der Waals surface area contributed by atoms with E-state index in [0.717, 1.165) is 5.75 Å². The molecule has 0 N–H and O–H groups in total. The van der Waals surface area contributed by atoms with Gasteiger partial charge in [-0.3, -0.25) is 9.20 Å². The van der Waals surface area contributed by atoms with E-state index in [-0.39, 0.29) is 5.56 Å². The zero-order valence-electron chi connectivity index (χ0n) is 12.2. The van der Waals surface area contributed by atoms with Gasteiger partial charge >= 0.3 is 0 Å². The van der Waals surface area contributed by atoms with Crippen molar-refractivity contribution < 1.29 is 4.74 Å². The number of ether oxygens (including phenoxy) is 1. The summed E-state index contributed by atoms with van der Waals surface area (Å²) in [5.74, 6) is 3.25. The van der Waals surface area contributed by atoms with E-state index in [1.165, 1.54) is 34.5 Å². The van der Waals surface area contributed by atoms with E-state index in [0.29, 0.717) is 21.8 Å². The van der Waals surface area contributed by atoms with E-state index in [1.54, 1.807) is 10.6 Å². The Kier molecular flexibility index (Phi) is 4.33. The number of fused-ring (bicyclic) bond motifs is 1. The van der Waals surface area contributed by atoms with Crippen LogP contribution in [0.1, 0.15) is 15.8 Å². The maximum absolute atomic E-state index is 11.9. The molecule has 4 nitrogen and oxygen atoms in total. The molecule has 7 heteroatoms. The number of rotatable bonds is 4. The number of hydrogen-bond donors (Lipinski definition) is 0. The standard InChI is InChI=1S/C16H14N2O2S3/c19-14-9-12(17-16-18(14)5-6-23-16)10-20-13-3-1-11(2-4-13)15-21-7-8-22-15/h1-6,9,15H,7-8,10H2. The van der Waals surface area contributed by atoms with Gasteiger partial charge in [-0.25, -0.2) is 4.98 Å². The minimum Gasteiger partial charge on any atom is -0.487 e. The molecular formula is C16H14N2O2S3. The number of benzene rings is 1. The fraction of sp³-hybridized carbons (Fsp3) is 0.250. The van der Waals surface area contributed by atoms with E-state index < -0.39 is 0 Å². The van der Waals surface area contributed by atoms with Gasteiger partial charge in [-0.1, -0.05) is 12.1 Å². The zero-order chi connectivity index (χ0) is 15.6. The minimum absolute atomic E-state index is 0.0690. The highest BCUT2D eigenvalue weighted by atomic mass is 32.2. The molecule has 23 heavy (non-hydrogen) atoms. The lowest BCUT2D eigenvalue weighted by molar-refractivity contribution is 0.301. The lowest BCUT2D eigenvalue weighted by Crippen LogP contribution is -2.14. The summed E-state index contributed by atoms with van der Waals surface area (Å²) in [5, 5.41) is 1.85. The fourth-order valence-corrected chi connectivity index (χ4v) is 5.99. The zero-order valence-corrected chi connectivity index (χ0v) is 14.6. The van der Waals surface area contributed by atoms with Gasteiger partial charge in [-0.05, 0) is 17.7 Å². The topological polar surface area (TPSA) is 43.6 Å². The third-order valence-electron chi connectivity index (χ3n) is 3.52. The Bertz CT molecular complexity index is 867. The molecule has 2 aromatic heterocycles. The van der Waals surface area contributed by atoms with E-state index >= 15 is 0 Å². The number of thiazole rings is 1. The van der Waals surface area contributed by atoms with Crippen molar-refractivity contribution in [1.82, 2.24) is 9.38 Å². The fourth-order valence-electron chi connectivity index (χ4n) is 2.39. The third-order valence-corrected chi connectivity index (χ3v) is 7.38. The highest BCUT2D eigenvalue weighted by Crippen LogP contribution is 2.45. The van der Waals surface area contributed by atoms with Crippen LogP contribution >= 0.6 is 34.9 Å². The van der Waals surface area contributed by atoms with Gasteiger partial charge in [0.15, 0.2) is 4.96 Å². The average Bonchev–Trinajstić information content (AvgIpc) is 3.25. The van der Waals surface area contributed by atoms with Gasteiger partial charge in [0.05, 0.1) is 10.3 Å². The summed E-state index contributed by atoms with van der Waals surface area (Å²) in [6.45, 7) is 0.302. The number of nitrogens with zero attached hydrogens (tertiary/aromatic N) is 2. The second-order valence-electron chi connectivity index (χ2n) is 5.07. The van der Waals surface area contributed by atoms with Crippen molar-refractivity contribution in [3.05, 3.63) is 63.5 Å². The van der Waals surface area contributed by atoms with Crippen LogP contribution in [-0.4, -0.2) is 20.9 Å². The highest BCUT2D eigenvalue weighted by molar-refractivity contribution is 8.19. The van der Waals surface area contributed by atoms with Crippen molar-refractivity contribution in [2.24, 2.45) is 0 Å². The van der Waals surface area contributed by atoms with Crippen molar-refractivity contribution in [2.75, 3.05) is 11.5 Å². The van der Waals surface area contributed by atoms with E-state index in [1.807, 2.05) is 41.0 Å². The third kappa shape index (κ3) is 3.27. The molecule has 118 valence electrons. The Labute approximate surface area is 145 Å². The monoisotopic (exact) mass is 362 g/mol. The summed E-state index contributed by atoms with van der Waals surface area (Å²) in [4.78, 5) is 17.1. The van der Waals surface area contributed by atoms with Gasteiger partial charge in [-0.15, -0.1) is 34.9 Å². The van der Waals surface area contributed by atoms with Crippen LogP contribution in [0.15, 0.2) is 46.7 Å². The molecule has 0 radical (unpaired) electrons. The van der Waals surface area contributed by atoms with Gasteiger partial charge in [-0.2, -0.15) is 0 Å². The molecule has 1 fully saturated rings. The second-order valence-corrected chi connectivity index (χ2v) is 8.67. The van der Waals surface area contributed by atoms with Crippen molar-refractivity contribution >= 4 is 39.8 Å². The summed E-state index contributed by atoms with van der Waals surface area (Å²) in [6.07, 6.45) is 1.73. The van der Waals surface area contributed by atoms with Crippen LogP contribution < -0.4 is 10.3 Å². The summed E-state index contributed by atoms with van der Waals surface area (Å²) in [7, 11) is 0. The van der Waals surface area contributed by atoms with Gasteiger partial charge in [0.2, 0.25) is 0 Å². The van der Waals surface area contributed by atoms with Crippen LogP contribution in [0, 0.1) is 0 Å². The first-order chi connectivity index (χ1) is 11.3. The molecule has 1 saturated heterocycles. The smallest absolute Gasteiger partial charge is 0.258 e. The molecule has 0 atom stereocenters. The molecule has 0 unspecified atom stereocenters. The van der Waals surface area contributed by atoms with Crippen LogP contribution in [0.25, 0.3) is 4.96 Å². The molecule has 0 aliphatic carbocycles. The quantitative estimate of drug-likeness (QED) is 0.706. The van der Waals surface area contributed by atoms with Crippen LogP contribution in [-0.2, 0) is 6.61 Å². The SMILES string of the molecule is O=c1cc(COc2ccc(C3SCCS3)cc2)nc2sccn12. The predicted molar refractivity (Wildman–Crippen MR) is 97.8 cm³/mol. The van der Waals surface area contributed by atoms with Crippen LogP contribution in [0.3, 0.4) is 0 Å². The molecule has 0 spiro atoms. The maximum atomic E-state index is 11.9. The largest absolute Gasteiger partial charge is 0.487 e. The van der Waals surface area contributed by atoms with Crippen LogP contribution in [0.5, 0.6) is 5.75 Å². The van der Waals surface area contributed by atoms with Crippen molar-refractivity contribution in [2.45, 2.75) is 11.2 Å². The molecule has 0 saturated carbocycles. The first-order valence-electron chi connectivity index (χ1n) is 7.21. The number of hydrogen-bond acceptors (Lipinski definition) is 6. The van der Waals surface area contributed by atoms with Gasteiger partial charge < -0.3 is 4.74 Å². The minimum atomic E-state index is -0.0690. The summed E-state index contributed by atoms with van der Waals surface area (Å²) in [5.41, 5.74) is 1.92. The highest BCUT2D eigenvalue weighted by Gasteiger charge is 2.17. The molecule has 1 aromatic carbocycles. The summed E-state index contributed by atoms with van der Waals surface area (Å²) < 4.78 is 7.86. The molecule has 0 amide bonds. The van der Waals surface area contributed by atoms with Crippen molar-refractivity contribution in [3.63, 3.8) is 0 Å². The molecule has 3 heterocycles. The Morgan fingerprint density at radius 3 is 2.78 bits per heavy atom. The molecule has 0 bridgehead atoms. The normalized spacial score (nSPS) is 15.3. The van der Waals surface area contributed by atoms with Crippen LogP contribution in [0.4, 0.5) is 0 Å². The maximum Gasteiger partial charge on any atom is 0.258 e. The summed E-state index contributed by atoms with van der Waals surface area (Å²) in [6, 6.07) is 9.75. The Morgan fingerprint density at radius 2 is 2.00 bits per heavy atom. The lowest BCUT2D eigenvalue weighted by atomic mass is 10.2. The first kappa shape index (κ1) is 15.1. The lowest BCUT2D eigenvalue weighted by Gasteiger charge is -2.10. The Morgan fingerprint density at radius 1 is 1.22 bits per heavy atom. The average molecular weight is 363 g/mol. The van der Waals surface area contributed by atoms with E-state index in [9.17, 15) is 4.79 Å². The van der Waals surface area contributed by atoms with Gasteiger partial charge in [0, 0.05) is 29.1 Å². The Hall–Kier alpha value is -1.44.